The van der Waals surface area contributed by atoms with Gasteiger partial charge in [-0.1, -0.05) is 6.92 Å². The molecule has 102 valence electrons. The number of hydrogen-bond donors (Lipinski definition) is 1. The molecule has 0 aromatic carbocycles. The van der Waals surface area contributed by atoms with Gasteiger partial charge in [0.25, 0.3) is 0 Å². The monoisotopic (exact) mass is 287 g/mol. The number of nitrogens with zero attached hydrogens (tertiary/aromatic N) is 2. The van der Waals surface area contributed by atoms with Crippen LogP contribution < -0.4 is 5.73 Å². The lowest BCUT2D eigenvalue weighted by Gasteiger charge is -2.08. The van der Waals surface area contributed by atoms with Crippen molar-refractivity contribution in [3.63, 3.8) is 0 Å². The summed E-state index contributed by atoms with van der Waals surface area (Å²) < 4.78 is 0. The number of carbonyl (C=O) groups is 1. The Bertz CT molecular complexity index is 379. The van der Waals surface area contributed by atoms with Gasteiger partial charge in [-0.2, -0.15) is 11.8 Å². The molecule has 0 aliphatic carbocycles. The summed E-state index contributed by atoms with van der Waals surface area (Å²) in [6, 6.07) is 0.267. The average molecular weight is 287 g/mol. The van der Waals surface area contributed by atoms with Crippen LogP contribution in [0.1, 0.15) is 24.0 Å². The van der Waals surface area contributed by atoms with Gasteiger partial charge in [-0.3, -0.25) is 4.79 Å². The van der Waals surface area contributed by atoms with E-state index in [4.69, 9.17) is 5.73 Å². The molecule has 0 saturated carbocycles. The summed E-state index contributed by atoms with van der Waals surface area (Å²) in [7, 11) is 3.53. The number of hydrogen-bond acceptors (Lipinski definition) is 5. The molecule has 0 spiro atoms. The molecule has 0 fully saturated rings. The van der Waals surface area contributed by atoms with E-state index >= 15 is 0 Å². The molecule has 4 nitrogen and oxygen atoms in total. The zero-order valence-electron chi connectivity index (χ0n) is 11.2. The quantitative estimate of drug-likeness (QED) is 0.830. The molecule has 1 amide bonds. The number of aromatic nitrogens is 1. The lowest BCUT2D eigenvalue weighted by molar-refractivity contribution is -0.127. The number of likely N-dealkylation sites (N-methyl/N-ethyl adjacent to an activating group) is 1. The Balaban J connectivity index is 2.37. The molecule has 6 heteroatoms. The van der Waals surface area contributed by atoms with E-state index in [1.807, 2.05) is 5.38 Å². The second-order valence-corrected chi connectivity index (χ2v) is 6.35. The lowest BCUT2D eigenvalue weighted by Crippen LogP contribution is -2.23. The van der Waals surface area contributed by atoms with Crippen molar-refractivity contribution >= 4 is 29.0 Å². The number of thioether (sulfide) groups is 1. The van der Waals surface area contributed by atoms with Gasteiger partial charge in [-0.15, -0.1) is 11.3 Å². The molecule has 0 radical (unpaired) electrons. The fraction of sp³-hybridized carbons (Fsp3) is 0.667. The highest BCUT2D eigenvalue weighted by molar-refractivity contribution is 7.98. The lowest BCUT2D eigenvalue weighted by atomic mass is 10.3. The van der Waals surface area contributed by atoms with Crippen molar-refractivity contribution in [1.82, 2.24) is 9.88 Å². The highest BCUT2D eigenvalue weighted by Crippen LogP contribution is 2.17. The van der Waals surface area contributed by atoms with Gasteiger partial charge in [0.1, 0.15) is 5.01 Å². The second-order valence-electron chi connectivity index (χ2n) is 4.38. The van der Waals surface area contributed by atoms with Crippen LogP contribution >= 0.6 is 23.1 Å². The maximum absolute atomic E-state index is 11.5. The summed E-state index contributed by atoms with van der Waals surface area (Å²) in [6.07, 6.45) is 1.41. The molecular formula is C12H21N3OS2. The Morgan fingerprint density at radius 2 is 2.33 bits per heavy atom. The summed E-state index contributed by atoms with van der Waals surface area (Å²) in [5.41, 5.74) is 6.90. The Hall–Kier alpha value is -0.590. The minimum absolute atomic E-state index is 0.0940. The summed E-state index contributed by atoms with van der Waals surface area (Å²) >= 11 is 3.36. The molecule has 1 heterocycles. The first kappa shape index (κ1) is 15.5. The zero-order valence-corrected chi connectivity index (χ0v) is 12.8. The van der Waals surface area contributed by atoms with E-state index < -0.39 is 0 Å². The summed E-state index contributed by atoms with van der Waals surface area (Å²) in [5, 5.41) is 2.92. The molecular weight excluding hydrogens is 266 g/mol. The van der Waals surface area contributed by atoms with Gasteiger partial charge < -0.3 is 10.6 Å². The van der Waals surface area contributed by atoms with Crippen molar-refractivity contribution in [3.8, 4) is 0 Å². The molecule has 1 atom stereocenters. The van der Waals surface area contributed by atoms with Crippen LogP contribution in [-0.2, 0) is 17.0 Å². The molecule has 0 saturated heterocycles. The van der Waals surface area contributed by atoms with Crippen molar-refractivity contribution in [1.29, 1.82) is 0 Å². The van der Waals surface area contributed by atoms with Crippen molar-refractivity contribution in [3.05, 3.63) is 16.1 Å². The van der Waals surface area contributed by atoms with Crippen LogP contribution in [0.15, 0.2) is 5.38 Å². The number of rotatable bonds is 7. The minimum atomic E-state index is 0.0940. The van der Waals surface area contributed by atoms with Gasteiger partial charge in [0.2, 0.25) is 5.91 Å². The summed E-state index contributed by atoms with van der Waals surface area (Å²) in [4.78, 5) is 17.6. The Kier molecular flexibility index (Phi) is 6.67. The smallest absolute Gasteiger partial charge is 0.228 e. The van der Waals surface area contributed by atoms with Gasteiger partial charge in [0.15, 0.2) is 0 Å². The highest BCUT2D eigenvalue weighted by Gasteiger charge is 2.09. The summed E-state index contributed by atoms with van der Waals surface area (Å²) in [5.74, 6) is 1.93. The fourth-order valence-electron chi connectivity index (χ4n) is 1.22. The number of thiazole rings is 1. The first-order valence-corrected chi connectivity index (χ1v) is 8.03. The molecule has 1 aromatic rings. The number of amides is 1. The fourth-order valence-corrected chi connectivity index (χ4v) is 3.12. The van der Waals surface area contributed by atoms with Crippen LogP contribution in [0.2, 0.25) is 0 Å². The maximum atomic E-state index is 11.5. The summed E-state index contributed by atoms with van der Waals surface area (Å²) in [6.45, 7) is 2.10. The van der Waals surface area contributed by atoms with Crippen LogP contribution in [-0.4, -0.2) is 41.7 Å². The van der Waals surface area contributed by atoms with Crippen LogP contribution in [0.4, 0.5) is 0 Å². The Morgan fingerprint density at radius 3 is 2.94 bits per heavy atom. The molecule has 1 aromatic heterocycles. The number of nitrogens with two attached hydrogens (primary N) is 1. The second kappa shape index (κ2) is 7.76. The van der Waals surface area contributed by atoms with E-state index in [9.17, 15) is 4.79 Å². The molecule has 0 bridgehead atoms. The van der Waals surface area contributed by atoms with Gasteiger partial charge in [0, 0.05) is 37.0 Å². The molecule has 0 aliphatic heterocycles. The normalized spacial score (nSPS) is 12.4. The Labute approximate surface area is 117 Å². The predicted molar refractivity (Wildman–Crippen MR) is 78.9 cm³/mol. The first-order valence-electron chi connectivity index (χ1n) is 5.99. The number of carbonyl (C=O) groups excluding carboxylic acids is 1. The van der Waals surface area contributed by atoms with Gasteiger partial charge >= 0.3 is 0 Å². The average Bonchev–Trinajstić information content (AvgIpc) is 2.76. The standard InChI is InChI=1S/C12H21N3OS2/c1-4-9(13)6-17-7-10-8-18-11(14-10)5-12(16)15(2)3/h8-9H,4-7,13H2,1-3H3. The van der Waals surface area contributed by atoms with E-state index in [0.29, 0.717) is 6.42 Å². The van der Waals surface area contributed by atoms with Crippen LogP contribution in [0.25, 0.3) is 0 Å². The highest BCUT2D eigenvalue weighted by atomic mass is 32.2. The van der Waals surface area contributed by atoms with E-state index in [0.717, 1.165) is 28.6 Å². The van der Waals surface area contributed by atoms with Gasteiger partial charge in [-0.05, 0) is 6.42 Å². The Morgan fingerprint density at radius 1 is 1.61 bits per heavy atom. The SMILES string of the molecule is CCC(N)CSCc1csc(CC(=O)N(C)C)n1. The third kappa shape index (κ3) is 5.37. The molecule has 0 aliphatic rings. The zero-order chi connectivity index (χ0) is 13.5. The predicted octanol–water partition coefficient (Wildman–Crippen LogP) is 1.74. The van der Waals surface area contributed by atoms with E-state index in [2.05, 4.69) is 11.9 Å². The van der Waals surface area contributed by atoms with Gasteiger partial charge in [0.05, 0.1) is 12.1 Å². The van der Waals surface area contributed by atoms with E-state index in [-0.39, 0.29) is 11.9 Å². The minimum Gasteiger partial charge on any atom is -0.348 e. The molecule has 1 rings (SSSR count). The van der Waals surface area contributed by atoms with Crippen LogP contribution in [0.3, 0.4) is 0 Å². The van der Waals surface area contributed by atoms with Crippen molar-refractivity contribution in [2.24, 2.45) is 5.73 Å². The van der Waals surface area contributed by atoms with Crippen molar-refractivity contribution in [2.45, 2.75) is 31.6 Å². The third-order valence-corrected chi connectivity index (χ3v) is 4.57. The topological polar surface area (TPSA) is 59.2 Å². The van der Waals surface area contributed by atoms with Gasteiger partial charge in [-0.25, -0.2) is 4.98 Å². The van der Waals surface area contributed by atoms with E-state index in [1.54, 1.807) is 42.1 Å². The van der Waals surface area contributed by atoms with Crippen molar-refractivity contribution in [2.75, 3.05) is 19.8 Å². The first-order chi connectivity index (χ1) is 8.52. The molecule has 1 unspecified atom stereocenters. The molecule has 18 heavy (non-hydrogen) atoms. The maximum Gasteiger partial charge on any atom is 0.228 e. The largest absolute Gasteiger partial charge is 0.348 e. The third-order valence-electron chi connectivity index (χ3n) is 2.51. The van der Waals surface area contributed by atoms with Crippen LogP contribution in [0, 0.1) is 0 Å². The van der Waals surface area contributed by atoms with Crippen LogP contribution in [0.5, 0.6) is 0 Å². The van der Waals surface area contributed by atoms with E-state index in [1.165, 1.54) is 0 Å². The molecule has 2 N–H and O–H groups in total. The van der Waals surface area contributed by atoms with Crippen molar-refractivity contribution < 1.29 is 4.79 Å².